The number of halogens is 6. The van der Waals surface area contributed by atoms with Gasteiger partial charge in [0.1, 0.15) is 0 Å². The zero-order valence-electron chi connectivity index (χ0n) is 11.1. The van der Waals surface area contributed by atoms with Crippen LogP contribution in [0, 0.1) is 0 Å². The summed E-state index contributed by atoms with van der Waals surface area (Å²) in [6.45, 7) is 0. The quantitative estimate of drug-likeness (QED) is 0.725. The molecule has 1 heterocycles. The van der Waals surface area contributed by atoms with Crippen LogP contribution >= 0.6 is 34.8 Å². The van der Waals surface area contributed by atoms with Gasteiger partial charge in [-0.3, -0.25) is 9.78 Å². The minimum Gasteiger partial charge on any atom is -0.481 e. The number of carbonyl (C=O) groups is 1. The van der Waals surface area contributed by atoms with Crippen LogP contribution in [0.15, 0.2) is 24.4 Å². The summed E-state index contributed by atoms with van der Waals surface area (Å²) in [5, 5.41) is 9.21. The number of alkyl halides is 3. The molecule has 0 radical (unpaired) electrons. The van der Waals surface area contributed by atoms with Crippen LogP contribution in [0.5, 0.6) is 0 Å². The fraction of sp³-hybridized carbons (Fsp3) is 0.143. The fourth-order valence-electron chi connectivity index (χ4n) is 1.93. The summed E-state index contributed by atoms with van der Waals surface area (Å²) in [6.07, 6.45) is -4.70. The zero-order valence-corrected chi connectivity index (χ0v) is 13.4. The van der Waals surface area contributed by atoms with E-state index in [9.17, 15) is 18.0 Å². The molecule has 3 nitrogen and oxygen atoms in total. The van der Waals surface area contributed by atoms with E-state index in [0.717, 1.165) is 6.07 Å². The molecule has 2 rings (SSSR count). The van der Waals surface area contributed by atoms with Crippen molar-refractivity contribution in [1.29, 1.82) is 0 Å². The second-order valence-corrected chi connectivity index (χ2v) is 5.77. The van der Waals surface area contributed by atoms with E-state index in [4.69, 9.17) is 39.9 Å². The second kappa shape index (κ2) is 6.55. The molecule has 1 aromatic carbocycles. The lowest BCUT2D eigenvalue weighted by atomic mass is 10.0. The Bertz CT molecular complexity index is 779. The maximum Gasteiger partial charge on any atom is 0.417 e. The standard InChI is InChI=1S/C14H7Cl3F3NO2/c15-8-3-9(12(17)10(16)4-8)13-6(2-11(22)23)1-7(5-21-13)14(18,19)20/h1,3-5H,2H2,(H,22,23). The average molecular weight is 385 g/mol. The molecule has 0 fully saturated rings. The Balaban J connectivity index is 2.69. The van der Waals surface area contributed by atoms with Gasteiger partial charge in [-0.2, -0.15) is 13.2 Å². The monoisotopic (exact) mass is 383 g/mol. The van der Waals surface area contributed by atoms with Crippen LogP contribution in [-0.2, 0) is 17.4 Å². The molecule has 122 valence electrons. The Morgan fingerprint density at radius 1 is 1.17 bits per heavy atom. The van der Waals surface area contributed by atoms with E-state index in [1.807, 2.05) is 0 Å². The first kappa shape index (κ1) is 17.8. The molecule has 2 aromatic rings. The lowest BCUT2D eigenvalue weighted by Crippen LogP contribution is -2.10. The molecule has 0 bridgehead atoms. The van der Waals surface area contributed by atoms with Crippen LogP contribution in [0.1, 0.15) is 11.1 Å². The Kier molecular flexibility index (Phi) is 5.08. The lowest BCUT2D eigenvalue weighted by Gasteiger charge is -2.13. The number of rotatable bonds is 3. The average Bonchev–Trinajstić information content (AvgIpc) is 2.41. The molecule has 0 unspecified atom stereocenters. The van der Waals surface area contributed by atoms with E-state index in [0.29, 0.717) is 6.20 Å². The van der Waals surface area contributed by atoms with Crippen LogP contribution < -0.4 is 0 Å². The van der Waals surface area contributed by atoms with E-state index in [-0.39, 0.29) is 31.9 Å². The molecule has 0 aliphatic heterocycles. The first-order valence-electron chi connectivity index (χ1n) is 6.02. The molecule has 1 aromatic heterocycles. The highest BCUT2D eigenvalue weighted by molar-refractivity contribution is 6.45. The molecule has 0 atom stereocenters. The summed E-state index contributed by atoms with van der Waals surface area (Å²) in [4.78, 5) is 14.7. The van der Waals surface area contributed by atoms with Gasteiger partial charge in [0, 0.05) is 16.8 Å². The maximum atomic E-state index is 12.8. The van der Waals surface area contributed by atoms with Crippen molar-refractivity contribution in [2.75, 3.05) is 0 Å². The number of aromatic nitrogens is 1. The highest BCUT2D eigenvalue weighted by Gasteiger charge is 2.32. The molecule has 0 spiro atoms. The molecule has 0 aliphatic rings. The Morgan fingerprint density at radius 2 is 1.83 bits per heavy atom. The first-order valence-corrected chi connectivity index (χ1v) is 7.16. The third-order valence-corrected chi connectivity index (χ3v) is 3.90. The number of benzene rings is 1. The van der Waals surface area contributed by atoms with Gasteiger partial charge < -0.3 is 5.11 Å². The minimum atomic E-state index is -4.64. The largest absolute Gasteiger partial charge is 0.481 e. The van der Waals surface area contributed by atoms with Gasteiger partial charge in [-0.1, -0.05) is 34.8 Å². The highest BCUT2D eigenvalue weighted by atomic mass is 35.5. The summed E-state index contributed by atoms with van der Waals surface area (Å²) < 4.78 is 38.4. The van der Waals surface area contributed by atoms with Crippen LogP contribution in [0.25, 0.3) is 11.3 Å². The second-order valence-electron chi connectivity index (χ2n) is 4.55. The van der Waals surface area contributed by atoms with Crippen LogP contribution in [-0.4, -0.2) is 16.1 Å². The Hall–Kier alpha value is -1.50. The van der Waals surface area contributed by atoms with Crippen molar-refractivity contribution in [3.05, 3.63) is 50.6 Å². The first-order chi connectivity index (χ1) is 10.6. The third kappa shape index (κ3) is 4.07. The minimum absolute atomic E-state index is 0.0187. The predicted molar refractivity (Wildman–Crippen MR) is 81.0 cm³/mol. The van der Waals surface area contributed by atoms with Crippen molar-refractivity contribution in [3.8, 4) is 11.3 Å². The van der Waals surface area contributed by atoms with Crippen LogP contribution in [0.2, 0.25) is 15.1 Å². The Morgan fingerprint density at radius 3 is 2.39 bits per heavy atom. The molecule has 0 aliphatic carbocycles. The van der Waals surface area contributed by atoms with E-state index in [1.54, 1.807) is 0 Å². The van der Waals surface area contributed by atoms with Crippen molar-refractivity contribution >= 4 is 40.8 Å². The number of hydrogen-bond donors (Lipinski definition) is 1. The molecule has 9 heteroatoms. The van der Waals surface area contributed by atoms with Gasteiger partial charge in [0.15, 0.2) is 0 Å². The molecule has 23 heavy (non-hydrogen) atoms. The van der Waals surface area contributed by atoms with Crippen molar-refractivity contribution in [3.63, 3.8) is 0 Å². The maximum absolute atomic E-state index is 12.8. The highest BCUT2D eigenvalue weighted by Crippen LogP contribution is 2.38. The number of nitrogens with zero attached hydrogens (tertiary/aromatic N) is 1. The summed E-state index contributed by atoms with van der Waals surface area (Å²) in [5.74, 6) is -1.31. The van der Waals surface area contributed by atoms with Crippen molar-refractivity contribution in [1.82, 2.24) is 4.98 Å². The number of carboxylic acids is 1. The van der Waals surface area contributed by atoms with Gasteiger partial charge in [-0.25, -0.2) is 0 Å². The third-order valence-electron chi connectivity index (χ3n) is 2.88. The molecule has 0 saturated heterocycles. The molecule has 0 saturated carbocycles. The number of hydrogen-bond acceptors (Lipinski definition) is 2. The summed E-state index contributed by atoms with van der Waals surface area (Å²) in [6, 6.07) is 3.44. The van der Waals surface area contributed by atoms with Crippen molar-refractivity contribution < 1.29 is 23.1 Å². The van der Waals surface area contributed by atoms with E-state index < -0.39 is 24.1 Å². The van der Waals surface area contributed by atoms with Crippen LogP contribution in [0.4, 0.5) is 13.2 Å². The van der Waals surface area contributed by atoms with Crippen molar-refractivity contribution in [2.45, 2.75) is 12.6 Å². The van der Waals surface area contributed by atoms with Gasteiger partial charge in [0.25, 0.3) is 0 Å². The van der Waals surface area contributed by atoms with Gasteiger partial charge in [0.05, 0.1) is 27.7 Å². The number of carboxylic acid groups (broad SMARTS) is 1. The SMILES string of the molecule is O=C(O)Cc1cc(C(F)(F)F)cnc1-c1cc(Cl)cc(Cl)c1Cl. The van der Waals surface area contributed by atoms with E-state index >= 15 is 0 Å². The Labute approximate surface area is 143 Å². The smallest absolute Gasteiger partial charge is 0.417 e. The fourth-order valence-corrected chi connectivity index (χ4v) is 2.63. The van der Waals surface area contributed by atoms with Gasteiger partial charge in [-0.15, -0.1) is 0 Å². The van der Waals surface area contributed by atoms with E-state index in [2.05, 4.69) is 4.98 Å². The predicted octanol–water partition coefficient (Wildman–Crippen LogP) is 5.35. The van der Waals surface area contributed by atoms with Crippen molar-refractivity contribution in [2.24, 2.45) is 0 Å². The normalized spacial score (nSPS) is 11.6. The molecular weight excluding hydrogens is 378 g/mol. The van der Waals surface area contributed by atoms with Crippen LogP contribution in [0.3, 0.4) is 0 Å². The molecular formula is C14H7Cl3F3NO2. The number of pyridine rings is 1. The number of aliphatic carboxylic acids is 1. The van der Waals surface area contributed by atoms with Gasteiger partial charge in [0.2, 0.25) is 0 Å². The topological polar surface area (TPSA) is 50.2 Å². The zero-order chi connectivity index (χ0) is 17.4. The molecule has 1 N–H and O–H groups in total. The molecule has 0 amide bonds. The van der Waals surface area contributed by atoms with Gasteiger partial charge >= 0.3 is 12.1 Å². The summed E-state index contributed by atoms with van der Waals surface area (Å²) >= 11 is 17.8. The van der Waals surface area contributed by atoms with Gasteiger partial charge in [-0.05, 0) is 23.8 Å². The summed E-state index contributed by atoms with van der Waals surface area (Å²) in [7, 11) is 0. The lowest BCUT2D eigenvalue weighted by molar-refractivity contribution is -0.139. The van der Waals surface area contributed by atoms with E-state index in [1.165, 1.54) is 12.1 Å². The summed E-state index contributed by atoms with van der Waals surface area (Å²) in [5.41, 5.74) is -1.06.